The smallest absolute Gasteiger partial charge is 0.183 e. The average Bonchev–Trinajstić information content (AvgIpc) is 2.27. The van der Waals surface area contributed by atoms with Gasteiger partial charge in [0, 0.05) is 3.57 Å². The third-order valence-electron chi connectivity index (χ3n) is 2.26. The summed E-state index contributed by atoms with van der Waals surface area (Å²) in [4.78, 5) is 0. The lowest BCUT2D eigenvalue weighted by Crippen LogP contribution is -2.00. The van der Waals surface area contributed by atoms with E-state index in [-0.39, 0.29) is 0 Å². The van der Waals surface area contributed by atoms with Gasteiger partial charge in [-0.15, -0.1) is 0 Å². The highest BCUT2D eigenvalue weighted by Crippen LogP contribution is 2.47. The Labute approximate surface area is 120 Å². The highest BCUT2D eigenvalue weighted by atomic mass is 127. The highest BCUT2D eigenvalue weighted by molar-refractivity contribution is 14.1. The standard InChI is InChI=1S/C12H6I2O2/c13-7-5-8(14)12-11(6-7)15-9-3-1-2-4-10(9)16-12/h1-6H. The van der Waals surface area contributed by atoms with Crippen molar-refractivity contribution in [2.24, 2.45) is 0 Å². The summed E-state index contributed by atoms with van der Waals surface area (Å²) in [6, 6.07) is 11.7. The highest BCUT2D eigenvalue weighted by Gasteiger charge is 2.20. The number of para-hydroxylation sites is 2. The fourth-order valence-corrected chi connectivity index (χ4v) is 3.46. The Hall–Kier alpha value is -0.500. The molecule has 0 atom stereocenters. The van der Waals surface area contributed by atoms with Gasteiger partial charge in [-0.3, -0.25) is 0 Å². The SMILES string of the molecule is Ic1cc(I)c2c(c1)Oc1ccccc1O2. The lowest BCUT2D eigenvalue weighted by molar-refractivity contribution is 0.357. The molecule has 3 rings (SSSR count). The average molecular weight is 436 g/mol. The first-order valence-corrected chi connectivity index (χ1v) is 6.83. The maximum atomic E-state index is 5.83. The molecule has 1 aliphatic heterocycles. The van der Waals surface area contributed by atoms with Crippen molar-refractivity contribution in [1.82, 2.24) is 0 Å². The van der Waals surface area contributed by atoms with E-state index in [0.717, 1.165) is 30.1 Å². The van der Waals surface area contributed by atoms with Crippen LogP contribution in [0.1, 0.15) is 0 Å². The molecule has 2 nitrogen and oxygen atoms in total. The number of benzene rings is 2. The summed E-state index contributed by atoms with van der Waals surface area (Å²) < 4.78 is 13.8. The molecule has 2 aromatic rings. The molecule has 0 radical (unpaired) electrons. The Morgan fingerprint density at radius 2 is 1.50 bits per heavy atom. The first-order valence-electron chi connectivity index (χ1n) is 4.68. The molecular weight excluding hydrogens is 430 g/mol. The minimum Gasteiger partial charge on any atom is -0.449 e. The van der Waals surface area contributed by atoms with Crippen LogP contribution in [0.15, 0.2) is 36.4 Å². The second-order valence-electron chi connectivity index (χ2n) is 3.37. The van der Waals surface area contributed by atoms with Gasteiger partial charge in [0.2, 0.25) is 0 Å². The van der Waals surface area contributed by atoms with Crippen molar-refractivity contribution in [2.45, 2.75) is 0 Å². The summed E-state index contributed by atoms with van der Waals surface area (Å²) in [7, 11) is 0. The third kappa shape index (κ3) is 1.77. The van der Waals surface area contributed by atoms with Crippen molar-refractivity contribution in [3.63, 3.8) is 0 Å². The topological polar surface area (TPSA) is 18.5 Å². The maximum Gasteiger partial charge on any atom is 0.183 e. The van der Waals surface area contributed by atoms with Crippen LogP contribution in [0.3, 0.4) is 0 Å². The van der Waals surface area contributed by atoms with Crippen LogP contribution in [0, 0.1) is 7.14 Å². The van der Waals surface area contributed by atoms with E-state index in [1.165, 1.54) is 0 Å². The van der Waals surface area contributed by atoms with Gasteiger partial charge in [0.05, 0.1) is 3.57 Å². The van der Waals surface area contributed by atoms with Crippen LogP contribution < -0.4 is 9.47 Å². The van der Waals surface area contributed by atoms with Crippen LogP contribution in [0.4, 0.5) is 0 Å². The fourth-order valence-electron chi connectivity index (χ4n) is 1.56. The van der Waals surface area contributed by atoms with Crippen LogP contribution in [-0.2, 0) is 0 Å². The van der Waals surface area contributed by atoms with E-state index in [4.69, 9.17) is 9.47 Å². The van der Waals surface area contributed by atoms with E-state index >= 15 is 0 Å². The largest absolute Gasteiger partial charge is 0.449 e. The Bertz CT molecular complexity index is 567. The molecule has 0 bridgehead atoms. The molecule has 0 amide bonds. The van der Waals surface area contributed by atoms with Gasteiger partial charge in [0.15, 0.2) is 23.0 Å². The van der Waals surface area contributed by atoms with Crippen LogP contribution in [0.2, 0.25) is 0 Å². The lowest BCUT2D eigenvalue weighted by Gasteiger charge is -2.21. The summed E-state index contributed by atoms with van der Waals surface area (Å²) in [5, 5.41) is 0. The van der Waals surface area contributed by atoms with Crippen molar-refractivity contribution in [2.75, 3.05) is 0 Å². The first kappa shape index (κ1) is 10.6. The van der Waals surface area contributed by atoms with Crippen molar-refractivity contribution >= 4 is 45.2 Å². The van der Waals surface area contributed by atoms with E-state index < -0.39 is 0 Å². The molecular formula is C12H6I2O2. The molecule has 0 saturated heterocycles. The zero-order valence-corrected chi connectivity index (χ0v) is 12.4. The predicted molar refractivity (Wildman–Crippen MR) is 78.5 cm³/mol. The molecule has 4 heteroatoms. The Kier molecular flexibility index (Phi) is 2.70. The number of ether oxygens (including phenoxy) is 2. The van der Waals surface area contributed by atoms with E-state index in [2.05, 4.69) is 51.2 Å². The molecule has 0 fully saturated rings. The summed E-state index contributed by atoms with van der Waals surface area (Å²) >= 11 is 4.53. The van der Waals surface area contributed by atoms with E-state index in [1.54, 1.807) is 0 Å². The third-order valence-corrected chi connectivity index (χ3v) is 3.68. The van der Waals surface area contributed by atoms with Crippen molar-refractivity contribution in [1.29, 1.82) is 0 Å². The zero-order valence-electron chi connectivity index (χ0n) is 8.04. The van der Waals surface area contributed by atoms with Crippen molar-refractivity contribution < 1.29 is 9.47 Å². The molecule has 1 aliphatic rings. The van der Waals surface area contributed by atoms with E-state index in [9.17, 15) is 0 Å². The van der Waals surface area contributed by atoms with Crippen molar-refractivity contribution in [3.05, 3.63) is 43.5 Å². The van der Waals surface area contributed by atoms with Gasteiger partial charge in [-0.25, -0.2) is 0 Å². The van der Waals surface area contributed by atoms with Gasteiger partial charge in [-0.1, -0.05) is 12.1 Å². The molecule has 0 N–H and O–H groups in total. The Morgan fingerprint density at radius 1 is 0.812 bits per heavy atom. The van der Waals surface area contributed by atoms with Crippen LogP contribution in [-0.4, -0.2) is 0 Å². The summed E-state index contributed by atoms with van der Waals surface area (Å²) in [5.41, 5.74) is 0. The van der Waals surface area contributed by atoms with Gasteiger partial charge >= 0.3 is 0 Å². The fraction of sp³-hybridized carbons (Fsp3) is 0. The van der Waals surface area contributed by atoms with Gasteiger partial charge in [-0.05, 0) is 69.4 Å². The maximum absolute atomic E-state index is 5.83. The van der Waals surface area contributed by atoms with Crippen molar-refractivity contribution in [3.8, 4) is 23.0 Å². The molecule has 16 heavy (non-hydrogen) atoms. The molecule has 80 valence electrons. The van der Waals surface area contributed by atoms with Crippen LogP contribution in [0.5, 0.6) is 23.0 Å². The molecule has 0 aromatic heterocycles. The summed E-state index contributed by atoms with van der Waals surface area (Å²) in [6.45, 7) is 0. The first-order chi connectivity index (χ1) is 7.74. The molecule has 0 unspecified atom stereocenters. The molecule has 0 aliphatic carbocycles. The van der Waals surface area contributed by atoms with E-state index in [1.807, 2.05) is 30.3 Å². The minimum absolute atomic E-state index is 0.771. The Balaban J connectivity index is 2.15. The molecule has 1 heterocycles. The van der Waals surface area contributed by atoms with Crippen LogP contribution >= 0.6 is 45.2 Å². The van der Waals surface area contributed by atoms with Gasteiger partial charge in [-0.2, -0.15) is 0 Å². The number of halogens is 2. The summed E-state index contributed by atoms with van der Waals surface area (Å²) in [6.07, 6.45) is 0. The lowest BCUT2D eigenvalue weighted by atomic mass is 10.2. The summed E-state index contributed by atoms with van der Waals surface area (Å²) in [5.74, 6) is 3.14. The van der Waals surface area contributed by atoms with Gasteiger partial charge < -0.3 is 9.47 Å². The zero-order chi connectivity index (χ0) is 11.1. The molecule has 2 aromatic carbocycles. The molecule has 0 saturated carbocycles. The monoisotopic (exact) mass is 436 g/mol. The number of fused-ring (bicyclic) bond motifs is 2. The Morgan fingerprint density at radius 3 is 2.25 bits per heavy atom. The number of hydrogen-bond acceptors (Lipinski definition) is 2. The quantitative estimate of drug-likeness (QED) is 0.472. The van der Waals surface area contributed by atoms with E-state index in [0.29, 0.717) is 0 Å². The van der Waals surface area contributed by atoms with Gasteiger partial charge in [0.25, 0.3) is 0 Å². The second-order valence-corrected chi connectivity index (χ2v) is 5.77. The number of hydrogen-bond donors (Lipinski definition) is 0. The second kappa shape index (κ2) is 4.06. The molecule has 0 spiro atoms. The van der Waals surface area contributed by atoms with Gasteiger partial charge in [0.1, 0.15) is 0 Å². The minimum atomic E-state index is 0.771. The predicted octanol–water partition coefficient (Wildman–Crippen LogP) is 4.79. The number of rotatable bonds is 0. The van der Waals surface area contributed by atoms with Crippen LogP contribution in [0.25, 0.3) is 0 Å². The normalized spacial score (nSPS) is 12.1.